The van der Waals surface area contributed by atoms with E-state index in [4.69, 9.17) is 4.74 Å². The van der Waals surface area contributed by atoms with Crippen molar-refractivity contribution in [2.24, 2.45) is 0 Å². The standard InChI is InChI=1S/C22H26NO2.BrH/c1-23(15-5-6-16-23)17-18-25-21-12-10-20(11-13-21)22(24)14-9-19-7-3-2-4-8-19;/h2-4,7-14H,5-6,15-18H2,1H3;1H/q+1;/p-1/b14-9+;. The fourth-order valence-corrected chi connectivity index (χ4v) is 3.25. The van der Waals surface area contributed by atoms with Crippen LogP contribution in [0.25, 0.3) is 6.08 Å². The van der Waals surface area contributed by atoms with Crippen molar-refractivity contribution in [2.75, 3.05) is 33.3 Å². The summed E-state index contributed by atoms with van der Waals surface area (Å²) in [6, 6.07) is 17.3. The molecule has 0 aromatic heterocycles. The maximum Gasteiger partial charge on any atom is 0.185 e. The van der Waals surface area contributed by atoms with E-state index in [2.05, 4.69) is 7.05 Å². The molecular weight excluding hydrogens is 390 g/mol. The summed E-state index contributed by atoms with van der Waals surface area (Å²) in [6.07, 6.45) is 6.10. The lowest BCUT2D eigenvalue weighted by atomic mass is 10.1. The number of rotatable bonds is 7. The first-order valence-corrected chi connectivity index (χ1v) is 8.99. The van der Waals surface area contributed by atoms with E-state index in [1.807, 2.05) is 60.7 Å². The molecule has 3 rings (SSSR count). The second kappa shape index (κ2) is 9.70. The Bertz CT molecular complexity index is 720. The van der Waals surface area contributed by atoms with E-state index in [9.17, 15) is 4.79 Å². The number of quaternary nitrogens is 1. The molecule has 1 saturated heterocycles. The predicted octanol–water partition coefficient (Wildman–Crippen LogP) is 1.21. The zero-order valence-electron chi connectivity index (χ0n) is 15.2. The zero-order valence-corrected chi connectivity index (χ0v) is 16.8. The molecule has 0 aliphatic carbocycles. The van der Waals surface area contributed by atoms with Gasteiger partial charge in [0.05, 0.1) is 20.1 Å². The first kappa shape index (κ1) is 20.4. The number of likely N-dealkylation sites (tertiary alicyclic amines) is 1. The molecule has 1 aliphatic heterocycles. The number of nitrogens with zero attached hydrogens (tertiary/aromatic N) is 1. The van der Waals surface area contributed by atoms with Gasteiger partial charge in [-0.25, -0.2) is 0 Å². The molecule has 138 valence electrons. The van der Waals surface area contributed by atoms with Crippen molar-refractivity contribution in [3.63, 3.8) is 0 Å². The molecule has 0 N–H and O–H groups in total. The molecule has 3 nitrogen and oxygen atoms in total. The van der Waals surface area contributed by atoms with Crippen molar-refractivity contribution in [3.05, 3.63) is 71.8 Å². The molecule has 0 bridgehead atoms. The first-order chi connectivity index (χ1) is 12.1. The Morgan fingerprint density at radius 2 is 1.69 bits per heavy atom. The van der Waals surface area contributed by atoms with Gasteiger partial charge in [-0.05, 0) is 35.9 Å². The fraction of sp³-hybridized carbons (Fsp3) is 0.318. The summed E-state index contributed by atoms with van der Waals surface area (Å²) < 4.78 is 6.96. The normalized spacial score (nSPS) is 15.6. The van der Waals surface area contributed by atoms with Crippen molar-refractivity contribution in [3.8, 4) is 5.75 Å². The highest BCUT2D eigenvalue weighted by Gasteiger charge is 2.26. The highest BCUT2D eigenvalue weighted by atomic mass is 79.9. The third-order valence-electron chi connectivity index (χ3n) is 4.91. The van der Waals surface area contributed by atoms with Gasteiger partial charge in [0.1, 0.15) is 18.9 Å². The number of benzene rings is 2. The third-order valence-corrected chi connectivity index (χ3v) is 4.91. The van der Waals surface area contributed by atoms with E-state index in [0.29, 0.717) is 5.56 Å². The Hall–Kier alpha value is -1.91. The average Bonchev–Trinajstić information content (AvgIpc) is 3.08. The molecule has 0 radical (unpaired) electrons. The van der Waals surface area contributed by atoms with Crippen LogP contribution in [0.1, 0.15) is 28.8 Å². The molecule has 4 heteroatoms. The highest BCUT2D eigenvalue weighted by Crippen LogP contribution is 2.17. The van der Waals surface area contributed by atoms with Gasteiger partial charge in [-0.2, -0.15) is 0 Å². The molecule has 1 fully saturated rings. The van der Waals surface area contributed by atoms with E-state index in [1.165, 1.54) is 25.9 Å². The highest BCUT2D eigenvalue weighted by molar-refractivity contribution is 6.06. The maximum atomic E-state index is 12.2. The van der Waals surface area contributed by atoms with Crippen LogP contribution in [-0.4, -0.2) is 43.6 Å². The van der Waals surface area contributed by atoms with Crippen molar-refractivity contribution >= 4 is 11.9 Å². The maximum absolute atomic E-state index is 12.2. The number of hydrogen-bond donors (Lipinski definition) is 0. The molecule has 0 amide bonds. The van der Waals surface area contributed by atoms with Gasteiger partial charge in [-0.15, -0.1) is 0 Å². The predicted molar refractivity (Wildman–Crippen MR) is 102 cm³/mol. The Morgan fingerprint density at radius 1 is 1.04 bits per heavy atom. The second-order valence-electron chi connectivity index (χ2n) is 6.98. The van der Waals surface area contributed by atoms with Gasteiger partial charge in [0.15, 0.2) is 5.78 Å². The van der Waals surface area contributed by atoms with E-state index < -0.39 is 0 Å². The molecule has 1 aliphatic rings. The van der Waals surface area contributed by atoms with Crippen molar-refractivity contribution < 1.29 is 31.0 Å². The van der Waals surface area contributed by atoms with E-state index in [-0.39, 0.29) is 22.8 Å². The minimum atomic E-state index is 0. The zero-order chi connectivity index (χ0) is 17.5. The molecule has 2 aromatic rings. The monoisotopic (exact) mass is 415 g/mol. The quantitative estimate of drug-likeness (QED) is 0.385. The number of ketones is 1. The van der Waals surface area contributed by atoms with Crippen molar-refractivity contribution in [2.45, 2.75) is 12.8 Å². The van der Waals surface area contributed by atoms with E-state index in [0.717, 1.165) is 28.9 Å². The summed E-state index contributed by atoms with van der Waals surface area (Å²) in [5.41, 5.74) is 1.70. The van der Waals surface area contributed by atoms with E-state index in [1.54, 1.807) is 6.08 Å². The Balaban J connectivity index is 0.00000243. The number of likely N-dealkylation sites (N-methyl/N-ethyl adjacent to an activating group) is 1. The summed E-state index contributed by atoms with van der Waals surface area (Å²) in [6.45, 7) is 4.27. The second-order valence-corrected chi connectivity index (χ2v) is 6.98. The number of carbonyl (C=O) groups excluding carboxylic acids is 1. The van der Waals surface area contributed by atoms with Gasteiger partial charge in [0, 0.05) is 18.4 Å². The van der Waals surface area contributed by atoms with Crippen LogP contribution in [0.2, 0.25) is 0 Å². The minimum absolute atomic E-state index is 0. The molecule has 26 heavy (non-hydrogen) atoms. The molecule has 0 unspecified atom stereocenters. The number of carbonyl (C=O) groups is 1. The van der Waals surface area contributed by atoms with Crippen LogP contribution < -0.4 is 21.7 Å². The molecule has 0 spiro atoms. The van der Waals surface area contributed by atoms with Crippen LogP contribution in [0.3, 0.4) is 0 Å². The molecule has 1 heterocycles. The van der Waals surface area contributed by atoms with Crippen molar-refractivity contribution in [1.29, 1.82) is 0 Å². The molecule has 0 atom stereocenters. The lowest BCUT2D eigenvalue weighted by molar-refractivity contribution is -0.897. The van der Waals surface area contributed by atoms with Gasteiger partial charge in [-0.1, -0.05) is 36.4 Å². The van der Waals surface area contributed by atoms with Gasteiger partial charge in [0.25, 0.3) is 0 Å². The largest absolute Gasteiger partial charge is 1.00 e. The van der Waals surface area contributed by atoms with Gasteiger partial charge >= 0.3 is 0 Å². The topological polar surface area (TPSA) is 26.3 Å². The number of ether oxygens (including phenoxy) is 1. The van der Waals surface area contributed by atoms with Crippen LogP contribution in [0.15, 0.2) is 60.7 Å². The Morgan fingerprint density at radius 3 is 2.35 bits per heavy atom. The average molecular weight is 416 g/mol. The number of allylic oxidation sites excluding steroid dienone is 1. The Labute approximate surface area is 166 Å². The fourth-order valence-electron chi connectivity index (χ4n) is 3.25. The summed E-state index contributed by atoms with van der Waals surface area (Å²) in [7, 11) is 2.30. The third kappa shape index (κ3) is 5.82. The van der Waals surface area contributed by atoms with Crippen LogP contribution >= 0.6 is 0 Å². The smallest absolute Gasteiger partial charge is 0.185 e. The van der Waals surface area contributed by atoms with Crippen LogP contribution in [0.5, 0.6) is 5.75 Å². The summed E-state index contributed by atoms with van der Waals surface area (Å²) in [5, 5.41) is 0. The lowest BCUT2D eigenvalue weighted by Crippen LogP contribution is -3.00. The first-order valence-electron chi connectivity index (χ1n) is 8.99. The minimum Gasteiger partial charge on any atom is -1.00 e. The van der Waals surface area contributed by atoms with Gasteiger partial charge in [0.2, 0.25) is 0 Å². The Kier molecular flexibility index (Phi) is 7.61. The van der Waals surface area contributed by atoms with Gasteiger partial charge < -0.3 is 26.2 Å². The van der Waals surface area contributed by atoms with Crippen molar-refractivity contribution in [1.82, 2.24) is 0 Å². The van der Waals surface area contributed by atoms with E-state index >= 15 is 0 Å². The number of halogens is 1. The van der Waals surface area contributed by atoms with Crippen LogP contribution in [-0.2, 0) is 0 Å². The molecule has 2 aromatic carbocycles. The van der Waals surface area contributed by atoms with Crippen LogP contribution in [0, 0.1) is 0 Å². The van der Waals surface area contributed by atoms with Crippen LogP contribution in [0.4, 0.5) is 0 Å². The SMILES string of the molecule is C[N+]1(CCOc2ccc(C(=O)/C=C/c3ccccc3)cc2)CCCC1.[Br-]. The molecular formula is C22H26BrNO2. The summed E-state index contributed by atoms with van der Waals surface area (Å²) >= 11 is 0. The van der Waals surface area contributed by atoms with Gasteiger partial charge in [-0.3, -0.25) is 4.79 Å². The number of hydrogen-bond acceptors (Lipinski definition) is 2. The lowest BCUT2D eigenvalue weighted by Gasteiger charge is -2.28. The summed E-state index contributed by atoms with van der Waals surface area (Å²) in [4.78, 5) is 12.2. The molecule has 0 saturated carbocycles. The summed E-state index contributed by atoms with van der Waals surface area (Å²) in [5.74, 6) is 0.833.